The van der Waals surface area contributed by atoms with Gasteiger partial charge in [-0.25, -0.2) is 0 Å². The SMILES string of the molecule is CCCNC(=NC)NCCCCCN1CCCCC1. The molecule has 0 radical (unpaired) electrons. The van der Waals surface area contributed by atoms with Crippen molar-refractivity contribution in [1.82, 2.24) is 15.5 Å². The largest absolute Gasteiger partial charge is 0.356 e. The van der Waals surface area contributed by atoms with Gasteiger partial charge < -0.3 is 15.5 Å². The zero-order valence-corrected chi connectivity index (χ0v) is 12.9. The second kappa shape index (κ2) is 11.1. The molecule has 0 aromatic rings. The summed E-state index contributed by atoms with van der Waals surface area (Å²) in [6.07, 6.45) is 9.26. The molecule has 0 atom stereocenters. The Morgan fingerprint density at radius 1 is 1.00 bits per heavy atom. The maximum absolute atomic E-state index is 4.20. The van der Waals surface area contributed by atoms with Gasteiger partial charge in [-0.2, -0.15) is 0 Å². The Balaban J connectivity index is 1.92. The van der Waals surface area contributed by atoms with Crippen LogP contribution in [0.3, 0.4) is 0 Å². The molecule has 2 N–H and O–H groups in total. The first-order valence-electron chi connectivity index (χ1n) is 8.03. The summed E-state index contributed by atoms with van der Waals surface area (Å²) in [5.41, 5.74) is 0. The molecule has 0 amide bonds. The van der Waals surface area contributed by atoms with Gasteiger partial charge in [0.05, 0.1) is 0 Å². The molecular weight excluding hydrogens is 236 g/mol. The van der Waals surface area contributed by atoms with Crippen LogP contribution >= 0.6 is 0 Å². The van der Waals surface area contributed by atoms with E-state index in [0.29, 0.717) is 0 Å². The number of nitrogens with one attached hydrogen (secondary N) is 2. The summed E-state index contributed by atoms with van der Waals surface area (Å²) in [5, 5.41) is 6.66. The second-order valence-corrected chi connectivity index (χ2v) is 5.39. The summed E-state index contributed by atoms with van der Waals surface area (Å²) in [6.45, 7) is 8.14. The highest BCUT2D eigenvalue weighted by Gasteiger charge is 2.08. The summed E-state index contributed by atoms with van der Waals surface area (Å²) in [7, 11) is 1.83. The van der Waals surface area contributed by atoms with E-state index in [4.69, 9.17) is 0 Å². The van der Waals surface area contributed by atoms with Gasteiger partial charge in [0.25, 0.3) is 0 Å². The molecule has 0 saturated carbocycles. The number of unbranched alkanes of at least 4 members (excludes halogenated alkanes) is 2. The van der Waals surface area contributed by atoms with Crippen LogP contribution in [0.1, 0.15) is 51.9 Å². The molecule has 4 nitrogen and oxygen atoms in total. The molecule has 0 aromatic heterocycles. The molecule has 0 bridgehead atoms. The minimum atomic E-state index is 0.942. The number of aliphatic imine (C=N–C) groups is 1. The van der Waals surface area contributed by atoms with Crippen LogP contribution in [0.4, 0.5) is 0 Å². The van der Waals surface area contributed by atoms with Gasteiger partial charge in [0, 0.05) is 20.1 Å². The Kier molecular flexibility index (Phi) is 9.51. The smallest absolute Gasteiger partial charge is 0.190 e. The molecule has 4 heteroatoms. The van der Waals surface area contributed by atoms with E-state index in [2.05, 4.69) is 27.4 Å². The zero-order chi connectivity index (χ0) is 13.8. The number of rotatable bonds is 8. The number of guanidine groups is 1. The Labute approximate surface area is 119 Å². The van der Waals surface area contributed by atoms with Gasteiger partial charge in [-0.1, -0.05) is 19.8 Å². The van der Waals surface area contributed by atoms with Crippen molar-refractivity contribution in [1.29, 1.82) is 0 Å². The summed E-state index contributed by atoms with van der Waals surface area (Å²) in [5.74, 6) is 0.942. The van der Waals surface area contributed by atoms with Gasteiger partial charge in [0.2, 0.25) is 0 Å². The molecule has 1 aliphatic rings. The van der Waals surface area contributed by atoms with Crippen molar-refractivity contribution in [2.45, 2.75) is 51.9 Å². The third kappa shape index (κ3) is 8.09. The molecule has 1 aliphatic heterocycles. The van der Waals surface area contributed by atoms with Crippen molar-refractivity contribution in [2.75, 3.05) is 39.8 Å². The molecule has 1 fully saturated rings. The van der Waals surface area contributed by atoms with E-state index in [0.717, 1.165) is 25.5 Å². The van der Waals surface area contributed by atoms with Crippen molar-refractivity contribution in [3.63, 3.8) is 0 Å². The predicted molar refractivity (Wildman–Crippen MR) is 83.8 cm³/mol. The third-order valence-corrected chi connectivity index (χ3v) is 3.66. The van der Waals surface area contributed by atoms with E-state index < -0.39 is 0 Å². The normalized spacial score (nSPS) is 17.5. The number of nitrogens with zero attached hydrogens (tertiary/aromatic N) is 2. The van der Waals surface area contributed by atoms with Crippen molar-refractivity contribution in [3.8, 4) is 0 Å². The maximum atomic E-state index is 4.20. The maximum Gasteiger partial charge on any atom is 0.190 e. The molecule has 19 heavy (non-hydrogen) atoms. The van der Waals surface area contributed by atoms with E-state index in [1.54, 1.807) is 0 Å². The fraction of sp³-hybridized carbons (Fsp3) is 0.933. The first-order chi connectivity index (χ1) is 9.36. The van der Waals surface area contributed by atoms with Crippen LogP contribution in [0, 0.1) is 0 Å². The lowest BCUT2D eigenvalue weighted by atomic mass is 10.1. The topological polar surface area (TPSA) is 39.7 Å². The van der Waals surface area contributed by atoms with E-state index >= 15 is 0 Å². The first-order valence-corrected chi connectivity index (χ1v) is 8.03. The Morgan fingerprint density at radius 2 is 1.74 bits per heavy atom. The van der Waals surface area contributed by atoms with Crippen molar-refractivity contribution in [3.05, 3.63) is 0 Å². The Hall–Kier alpha value is -0.770. The molecule has 0 aromatic carbocycles. The Morgan fingerprint density at radius 3 is 2.42 bits per heavy atom. The van der Waals surface area contributed by atoms with Crippen molar-refractivity contribution >= 4 is 5.96 Å². The lowest BCUT2D eigenvalue weighted by Gasteiger charge is -2.26. The van der Waals surface area contributed by atoms with Crippen molar-refractivity contribution < 1.29 is 0 Å². The van der Waals surface area contributed by atoms with Crippen LogP contribution in [0.5, 0.6) is 0 Å². The molecule has 0 unspecified atom stereocenters. The lowest BCUT2D eigenvalue weighted by molar-refractivity contribution is 0.224. The molecular formula is C15H32N4. The van der Waals surface area contributed by atoms with Crippen LogP contribution in [0.15, 0.2) is 4.99 Å². The van der Waals surface area contributed by atoms with Crippen LogP contribution in [0.25, 0.3) is 0 Å². The highest BCUT2D eigenvalue weighted by atomic mass is 15.2. The van der Waals surface area contributed by atoms with Crippen molar-refractivity contribution in [2.24, 2.45) is 4.99 Å². The Bertz CT molecular complexity index is 234. The predicted octanol–water partition coefficient (Wildman–Crippen LogP) is 2.22. The zero-order valence-electron chi connectivity index (χ0n) is 12.9. The summed E-state index contributed by atoms with van der Waals surface area (Å²) >= 11 is 0. The summed E-state index contributed by atoms with van der Waals surface area (Å²) in [4.78, 5) is 6.83. The van der Waals surface area contributed by atoms with Crippen LogP contribution in [-0.2, 0) is 0 Å². The van der Waals surface area contributed by atoms with E-state index in [1.165, 1.54) is 58.2 Å². The van der Waals surface area contributed by atoms with Crippen LogP contribution < -0.4 is 10.6 Å². The molecule has 112 valence electrons. The quantitative estimate of drug-likeness (QED) is 0.403. The van der Waals surface area contributed by atoms with Gasteiger partial charge in [-0.05, 0) is 51.7 Å². The minimum absolute atomic E-state index is 0.942. The third-order valence-electron chi connectivity index (χ3n) is 3.66. The fourth-order valence-corrected chi connectivity index (χ4v) is 2.49. The number of hydrogen-bond donors (Lipinski definition) is 2. The average molecular weight is 268 g/mol. The van der Waals surface area contributed by atoms with E-state index in [9.17, 15) is 0 Å². The molecule has 0 aliphatic carbocycles. The average Bonchev–Trinajstić information content (AvgIpc) is 2.47. The first kappa shape index (κ1) is 16.3. The van der Waals surface area contributed by atoms with Crippen LogP contribution in [0.2, 0.25) is 0 Å². The highest BCUT2D eigenvalue weighted by Crippen LogP contribution is 2.09. The second-order valence-electron chi connectivity index (χ2n) is 5.39. The van der Waals surface area contributed by atoms with Gasteiger partial charge in [0.15, 0.2) is 5.96 Å². The fourth-order valence-electron chi connectivity index (χ4n) is 2.49. The van der Waals surface area contributed by atoms with Gasteiger partial charge in [-0.15, -0.1) is 0 Å². The minimum Gasteiger partial charge on any atom is -0.356 e. The molecule has 1 heterocycles. The van der Waals surface area contributed by atoms with Gasteiger partial charge in [-0.3, -0.25) is 4.99 Å². The standard InChI is InChI=1S/C15H32N4/c1-3-10-17-15(16-2)18-11-6-4-7-12-19-13-8-5-9-14-19/h3-14H2,1-2H3,(H2,16,17,18). The lowest BCUT2D eigenvalue weighted by Crippen LogP contribution is -2.38. The van der Waals surface area contributed by atoms with E-state index in [-0.39, 0.29) is 0 Å². The summed E-state index contributed by atoms with van der Waals surface area (Å²) in [6, 6.07) is 0. The molecule has 0 spiro atoms. The molecule has 1 rings (SSSR count). The highest BCUT2D eigenvalue weighted by molar-refractivity contribution is 5.79. The monoisotopic (exact) mass is 268 g/mol. The van der Waals surface area contributed by atoms with E-state index in [1.807, 2.05) is 7.05 Å². The number of likely N-dealkylation sites (tertiary alicyclic amines) is 1. The van der Waals surface area contributed by atoms with Gasteiger partial charge >= 0.3 is 0 Å². The number of hydrogen-bond acceptors (Lipinski definition) is 2. The summed E-state index contributed by atoms with van der Waals surface area (Å²) < 4.78 is 0. The van der Waals surface area contributed by atoms with Crippen LogP contribution in [-0.4, -0.2) is 50.6 Å². The number of piperidine rings is 1. The molecule has 1 saturated heterocycles. The van der Waals surface area contributed by atoms with Gasteiger partial charge in [0.1, 0.15) is 0 Å².